The first-order valence-corrected chi connectivity index (χ1v) is 9.93. The molecule has 0 bridgehead atoms. The van der Waals surface area contributed by atoms with Gasteiger partial charge in [-0.25, -0.2) is 0 Å². The van der Waals surface area contributed by atoms with Gasteiger partial charge in [0, 0.05) is 45.7 Å². The maximum Gasteiger partial charge on any atom is 0.0691 e. The summed E-state index contributed by atoms with van der Waals surface area (Å²) in [5.74, 6) is 0. The van der Waals surface area contributed by atoms with Crippen LogP contribution >= 0.6 is 0 Å². The number of para-hydroxylation sites is 1. The Labute approximate surface area is 165 Å². The number of nitrogen functional groups attached to an aromatic ring is 1. The van der Waals surface area contributed by atoms with Crippen LogP contribution in [0.15, 0.2) is 48.5 Å². The first-order valence-electron chi connectivity index (χ1n) is 9.93. The first-order chi connectivity index (χ1) is 13.4. The van der Waals surface area contributed by atoms with Crippen LogP contribution in [0.3, 0.4) is 0 Å². The number of aromatic amines is 1. The molecule has 2 heterocycles. The molecule has 28 heavy (non-hydrogen) atoms. The van der Waals surface area contributed by atoms with Crippen LogP contribution in [-0.2, 0) is 12.8 Å². The smallest absolute Gasteiger partial charge is 0.0691 e. The van der Waals surface area contributed by atoms with Gasteiger partial charge >= 0.3 is 0 Å². The molecule has 142 valence electrons. The number of hydrogen-bond acceptors (Lipinski definition) is 3. The van der Waals surface area contributed by atoms with E-state index < -0.39 is 0 Å². The van der Waals surface area contributed by atoms with Crippen LogP contribution in [0, 0.1) is 5.41 Å². The molecule has 4 heteroatoms. The number of hydrogen-bond donors (Lipinski definition) is 3. The summed E-state index contributed by atoms with van der Waals surface area (Å²) in [5.41, 5.74) is 20.5. The third-order valence-electron chi connectivity index (χ3n) is 5.96. The van der Waals surface area contributed by atoms with Crippen LogP contribution in [0.1, 0.15) is 48.8 Å². The number of nitrogens with zero attached hydrogens (tertiary/aromatic N) is 1. The van der Waals surface area contributed by atoms with Gasteiger partial charge in [-0.2, -0.15) is 0 Å². The molecule has 0 aliphatic heterocycles. The maximum absolute atomic E-state index is 6.69. The third-order valence-corrected chi connectivity index (χ3v) is 5.96. The highest BCUT2D eigenvalue weighted by molar-refractivity contribution is 6.10. The standard InChI is InChI=1S/C24H26N4/c1-24(2)12-17(26)22-20(13-24)27-19(11-14-6-5-7-15(25)10-14)23-21(22)16-8-3-4-9-18(16)28-23/h3-10,17,28H,11-13,25-26H2,1-2H3. The van der Waals surface area contributed by atoms with Crippen molar-refractivity contribution in [3.63, 3.8) is 0 Å². The Balaban J connectivity index is 1.80. The molecular formula is C24H26N4. The van der Waals surface area contributed by atoms with Crippen molar-refractivity contribution in [2.75, 3.05) is 5.73 Å². The number of benzene rings is 2. The second-order valence-corrected chi connectivity index (χ2v) is 8.91. The van der Waals surface area contributed by atoms with Crippen molar-refractivity contribution in [1.82, 2.24) is 9.97 Å². The summed E-state index contributed by atoms with van der Waals surface area (Å²) in [4.78, 5) is 8.78. The molecule has 1 unspecified atom stereocenters. The molecular weight excluding hydrogens is 344 g/mol. The zero-order valence-electron chi connectivity index (χ0n) is 16.4. The van der Waals surface area contributed by atoms with E-state index in [4.69, 9.17) is 16.5 Å². The molecule has 4 nitrogen and oxygen atoms in total. The van der Waals surface area contributed by atoms with Crippen molar-refractivity contribution < 1.29 is 0 Å². The Hall–Kier alpha value is -2.85. The summed E-state index contributed by atoms with van der Waals surface area (Å²) >= 11 is 0. The summed E-state index contributed by atoms with van der Waals surface area (Å²) in [6.07, 6.45) is 2.68. The van der Waals surface area contributed by atoms with Crippen molar-refractivity contribution in [3.8, 4) is 0 Å². The van der Waals surface area contributed by atoms with E-state index in [0.29, 0.717) is 0 Å². The van der Waals surface area contributed by atoms with Crippen LogP contribution in [0.4, 0.5) is 5.69 Å². The molecule has 0 saturated carbocycles. The van der Waals surface area contributed by atoms with Crippen molar-refractivity contribution in [3.05, 3.63) is 71.0 Å². The first kappa shape index (κ1) is 17.3. The molecule has 0 saturated heterocycles. The molecule has 1 aliphatic rings. The summed E-state index contributed by atoms with van der Waals surface area (Å²) in [6, 6.07) is 16.6. The lowest BCUT2D eigenvalue weighted by Gasteiger charge is -2.35. The zero-order valence-corrected chi connectivity index (χ0v) is 16.4. The van der Waals surface area contributed by atoms with E-state index in [1.807, 2.05) is 18.2 Å². The molecule has 0 spiro atoms. The number of nitrogens with two attached hydrogens (primary N) is 2. The summed E-state index contributed by atoms with van der Waals surface area (Å²) in [7, 11) is 0. The van der Waals surface area contributed by atoms with Gasteiger partial charge < -0.3 is 16.5 Å². The van der Waals surface area contributed by atoms with Gasteiger partial charge in [-0.15, -0.1) is 0 Å². The van der Waals surface area contributed by atoms with Gasteiger partial charge in [0.15, 0.2) is 0 Å². The van der Waals surface area contributed by atoms with Crippen molar-refractivity contribution in [1.29, 1.82) is 0 Å². The molecule has 2 aromatic carbocycles. The van der Waals surface area contributed by atoms with Crippen molar-refractivity contribution in [2.24, 2.45) is 11.1 Å². The molecule has 1 aliphatic carbocycles. The second-order valence-electron chi connectivity index (χ2n) is 8.91. The van der Waals surface area contributed by atoms with E-state index in [2.05, 4.69) is 49.2 Å². The minimum Gasteiger partial charge on any atom is -0.399 e. The number of H-pyrrole nitrogens is 1. The highest BCUT2D eigenvalue weighted by atomic mass is 14.8. The van der Waals surface area contributed by atoms with E-state index in [-0.39, 0.29) is 11.5 Å². The van der Waals surface area contributed by atoms with Crippen LogP contribution in [0.5, 0.6) is 0 Å². The molecule has 4 aromatic rings. The Bertz CT molecular complexity index is 1200. The van der Waals surface area contributed by atoms with E-state index in [0.717, 1.165) is 47.4 Å². The fraction of sp³-hybridized carbons (Fsp3) is 0.292. The lowest BCUT2D eigenvalue weighted by molar-refractivity contribution is 0.280. The molecule has 1 atom stereocenters. The minimum atomic E-state index is 0.00868. The number of pyridine rings is 1. The molecule has 5 N–H and O–H groups in total. The largest absolute Gasteiger partial charge is 0.399 e. The lowest BCUT2D eigenvalue weighted by atomic mass is 9.73. The van der Waals surface area contributed by atoms with Gasteiger partial charge in [0.2, 0.25) is 0 Å². The van der Waals surface area contributed by atoms with Crippen LogP contribution in [0.2, 0.25) is 0 Å². The molecule has 2 aromatic heterocycles. The van der Waals surface area contributed by atoms with E-state index in [1.54, 1.807) is 0 Å². The number of fused-ring (bicyclic) bond motifs is 5. The highest BCUT2D eigenvalue weighted by Gasteiger charge is 2.34. The molecule has 0 amide bonds. The van der Waals surface area contributed by atoms with Crippen LogP contribution in [-0.4, -0.2) is 9.97 Å². The van der Waals surface area contributed by atoms with Crippen LogP contribution in [0.25, 0.3) is 21.8 Å². The van der Waals surface area contributed by atoms with Gasteiger partial charge in [-0.1, -0.05) is 44.2 Å². The summed E-state index contributed by atoms with van der Waals surface area (Å²) in [5, 5.41) is 2.49. The van der Waals surface area contributed by atoms with Gasteiger partial charge in [0.05, 0.1) is 11.2 Å². The average molecular weight is 371 g/mol. The van der Waals surface area contributed by atoms with Gasteiger partial charge in [-0.05, 0) is 42.0 Å². The normalized spacial score (nSPS) is 18.5. The minimum absolute atomic E-state index is 0.00868. The van der Waals surface area contributed by atoms with E-state index >= 15 is 0 Å². The monoisotopic (exact) mass is 370 g/mol. The molecule has 0 radical (unpaired) electrons. The third kappa shape index (κ3) is 2.76. The lowest BCUT2D eigenvalue weighted by Crippen LogP contribution is -2.31. The molecule has 5 rings (SSSR count). The number of anilines is 1. The van der Waals surface area contributed by atoms with Gasteiger partial charge in [0.1, 0.15) is 0 Å². The average Bonchev–Trinajstić information content (AvgIpc) is 3.00. The number of nitrogens with one attached hydrogen (secondary N) is 1. The molecule has 0 fully saturated rings. The summed E-state index contributed by atoms with van der Waals surface area (Å²) < 4.78 is 0. The Morgan fingerprint density at radius 3 is 2.79 bits per heavy atom. The maximum atomic E-state index is 6.69. The number of aromatic nitrogens is 2. The Morgan fingerprint density at radius 2 is 1.96 bits per heavy atom. The van der Waals surface area contributed by atoms with E-state index in [9.17, 15) is 0 Å². The van der Waals surface area contributed by atoms with Crippen molar-refractivity contribution >= 4 is 27.5 Å². The SMILES string of the molecule is CC1(C)Cc2nc(Cc3cccc(N)c3)c3[nH]c4ccccc4c3c2C(N)C1. The van der Waals surface area contributed by atoms with Crippen molar-refractivity contribution in [2.45, 2.75) is 39.2 Å². The fourth-order valence-electron chi connectivity index (χ4n) is 4.84. The Morgan fingerprint density at radius 1 is 1.14 bits per heavy atom. The number of rotatable bonds is 2. The fourth-order valence-corrected chi connectivity index (χ4v) is 4.84. The predicted octanol–water partition coefficient (Wildman–Crippen LogP) is 4.86. The highest BCUT2D eigenvalue weighted by Crippen LogP contribution is 2.44. The predicted molar refractivity (Wildman–Crippen MR) is 116 cm³/mol. The van der Waals surface area contributed by atoms with Gasteiger partial charge in [0.25, 0.3) is 0 Å². The van der Waals surface area contributed by atoms with E-state index in [1.165, 1.54) is 21.9 Å². The Kier molecular flexibility index (Phi) is 3.75. The zero-order chi connectivity index (χ0) is 19.5. The summed E-state index contributed by atoms with van der Waals surface area (Å²) in [6.45, 7) is 4.57. The second kappa shape index (κ2) is 6.08. The topological polar surface area (TPSA) is 80.7 Å². The van der Waals surface area contributed by atoms with Gasteiger partial charge in [-0.3, -0.25) is 4.98 Å². The quantitative estimate of drug-likeness (QED) is 0.441. The van der Waals surface area contributed by atoms with Crippen LogP contribution < -0.4 is 11.5 Å².